The predicted octanol–water partition coefficient (Wildman–Crippen LogP) is 3.66. The van der Waals surface area contributed by atoms with Crippen molar-refractivity contribution in [3.05, 3.63) is 57.9 Å². The van der Waals surface area contributed by atoms with Crippen molar-refractivity contribution < 1.29 is 17.6 Å². The van der Waals surface area contributed by atoms with Crippen LogP contribution in [0.2, 0.25) is 5.02 Å². The summed E-state index contributed by atoms with van der Waals surface area (Å²) in [4.78, 5) is 11.8. The van der Waals surface area contributed by atoms with Crippen molar-refractivity contribution in [1.82, 2.24) is 4.31 Å². The molecule has 0 aliphatic carbocycles. The molecule has 2 aromatic carbocycles. The molecule has 0 aliphatic rings. The molecule has 1 N–H and O–H groups in total. The number of hydrogen-bond acceptors (Lipinski definition) is 3. The number of halogens is 2. The smallest absolute Gasteiger partial charge is 0.246 e. The van der Waals surface area contributed by atoms with Gasteiger partial charge in [-0.1, -0.05) is 29.3 Å². The van der Waals surface area contributed by atoms with Crippen LogP contribution < -0.4 is 5.32 Å². The lowest BCUT2D eigenvalue weighted by atomic mass is 10.1. The zero-order valence-electron chi connectivity index (χ0n) is 14.9. The Morgan fingerprint density at radius 1 is 1.15 bits per heavy atom. The number of anilines is 1. The molecule has 2 rings (SSSR count). The standard InChI is InChI=1S/C18H20ClFN2O3S/c1-11-7-12(2)18(13(3)8-11)21-17(23)10-22(4)26(24,25)16-6-5-14(19)9-15(16)20/h5-9H,10H2,1-4H3,(H,21,23). The molecular weight excluding hydrogens is 379 g/mol. The van der Waals surface area contributed by atoms with Crippen molar-refractivity contribution in [2.45, 2.75) is 25.7 Å². The van der Waals surface area contributed by atoms with Crippen LogP contribution in [0.15, 0.2) is 35.2 Å². The van der Waals surface area contributed by atoms with Crippen LogP contribution >= 0.6 is 11.6 Å². The second kappa shape index (κ2) is 7.73. The van der Waals surface area contributed by atoms with E-state index < -0.39 is 33.2 Å². The number of nitrogens with zero attached hydrogens (tertiary/aromatic N) is 1. The van der Waals surface area contributed by atoms with Gasteiger partial charge in [0, 0.05) is 17.8 Å². The van der Waals surface area contributed by atoms with Crippen molar-refractivity contribution in [3.8, 4) is 0 Å². The van der Waals surface area contributed by atoms with Crippen molar-refractivity contribution in [1.29, 1.82) is 0 Å². The highest BCUT2D eigenvalue weighted by molar-refractivity contribution is 7.89. The van der Waals surface area contributed by atoms with Gasteiger partial charge in [-0.3, -0.25) is 4.79 Å². The Bertz CT molecular complexity index is 938. The Hall–Kier alpha value is -1.96. The van der Waals surface area contributed by atoms with E-state index in [0.29, 0.717) is 5.69 Å². The van der Waals surface area contributed by atoms with Gasteiger partial charge >= 0.3 is 0 Å². The minimum atomic E-state index is -4.16. The maximum atomic E-state index is 13.9. The molecule has 140 valence electrons. The molecule has 0 fully saturated rings. The minimum absolute atomic E-state index is 0.0900. The number of nitrogens with one attached hydrogen (secondary N) is 1. The van der Waals surface area contributed by atoms with Crippen LogP contribution in [0.4, 0.5) is 10.1 Å². The number of hydrogen-bond donors (Lipinski definition) is 1. The highest BCUT2D eigenvalue weighted by Crippen LogP contribution is 2.23. The number of benzene rings is 2. The summed E-state index contributed by atoms with van der Waals surface area (Å²) in [5, 5.41) is 2.81. The van der Waals surface area contributed by atoms with E-state index in [1.54, 1.807) is 0 Å². The molecule has 2 aromatic rings. The Morgan fingerprint density at radius 3 is 2.27 bits per heavy atom. The summed E-state index contributed by atoms with van der Waals surface area (Å²) in [5.74, 6) is -1.48. The number of likely N-dealkylation sites (N-methyl/N-ethyl adjacent to an activating group) is 1. The molecule has 0 bridgehead atoms. The molecule has 0 aromatic heterocycles. The van der Waals surface area contributed by atoms with Crippen molar-refractivity contribution >= 4 is 33.2 Å². The number of aryl methyl sites for hydroxylation is 3. The fourth-order valence-corrected chi connectivity index (χ4v) is 4.02. The van der Waals surface area contributed by atoms with Gasteiger partial charge in [0.1, 0.15) is 10.7 Å². The van der Waals surface area contributed by atoms with Gasteiger partial charge in [-0.2, -0.15) is 4.31 Å². The Balaban J connectivity index is 2.18. The van der Waals surface area contributed by atoms with Crippen LogP contribution in [0.3, 0.4) is 0 Å². The lowest BCUT2D eigenvalue weighted by molar-refractivity contribution is -0.116. The van der Waals surface area contributed by atoms with Gasteiger partial charge in [-0.15, -0.1) is 0 Å². The summed E-state index contributed by atoms with van der Waals surface area (Å²) in [6.07, 6.45) is 0. The Morgan fingerprint density at radius 2 is 1.73 bits per heavy atom. The van der Waals surface area contributed by atoms with Crippen LogP contribution in [0.5, 0.6) is 0 Å². The van der Waals surface area contributed by atoms with Gasteiger partial charge in [-0.05, 0) is 50.1 Å². The van der Waals surface area contributed by atoms with E-state index in [4.69, 9.17) is 11.6 Å². The third kappa shape index (κ3) is 4.41. The fraction of sp³-hybridized carbons (Fsp3) is 0.278. The average molecular weight is 399 g/mol. The van der Waals surface area contributed by atoms with Crippen molar-refractivity contribution in [3.63, 3.8) is 0 Å². The maximum absolute atomic E-state index is 13.9. The summed E-state index contributed by atoms with van der Waals surface area (Å²) >= 11 is 5.65. The number of sulfonamides is 1. The summed E-state index contributed by atoms with van der Waals surface area (Å²) in [7, 11) is -2.94. The molecule has 0 spiro atoms. The Kier molecular flexibility index (Phi) is 6.05. The van der Waals surface area contributed by atoms with E-state index in [1.807, 2.05) is 32.9 Å². The Labute approximate surface area is 157 Å². The van der Waals surface area contributed by atoms with Gasteiger partial charge in [0.2, 0.25) is 15.9 Å². The van der Waals surface area contributed by atoms with E-state index >= 15 is 0 Å². The number of carbonyl (C=O) groups is 1. The number of carbonyl (C=O) groups excluding carboxylic acids is 1. The predicted molar refractivity (Wildman–Crippen MR) is 101 cm³/mol. The SMILES string of the molecule is Cc1cc(C)c(NC(=O)CN(C)S(=O)(=O)c2ccc(Cl)cc2F)c(C)c1. The highest BCUT2D eigenvalue weighted by Gasteiger charge is 2.26. The molecule has 0 radical (unpaired) electrons. The molecule has 1 amide bonds. The maximum Gasteiger partial charge on any atom is 0.246 e. The van der Waals surface area contributed by atoms with Gasteiger partial charge < -0.3 is 5.32 Å². The lowest BCUT2D eigenvalue weighted by Crippen LogP contribution is -2.35. The van der Waals surface area contributed by atoms with Gasteiger partial charge in [0.15, 0.2) is 0 Å². The van der Waals surface area contributed by atoms with E-state index in [-0.39, 0.29) is 5.02 Å². The van der Waals surface area contributed by atoms with Gasteiger partial charge in [-0.25, -0.2) is 12.8 Å². The van der Waals surface area contributed by atoms with Crippen LogP contribution in [-0.2, 0) is 14.8 Å². The van der Waals surface area contributed by atoms with Gasteiger partial charge in [0.05, 0.1) is 6.54 Å². The molecule has 0 saturated heterocycles. The van der Waals surface area contributed by atoms with E-state index in [0.717, 1.165) is 33.1 Å². The second-order valence-electron chi connectivity index (χ2n) is 6.16. The molecule has 0 atom stereocenters. The van der Waals surface area contributed by atoms with Crippen LogP contribution in [0, 0.1) is 26.6 Å². The third-order valence-electron chi connectivity index (χ3n) is 3.89. The largest absolute Gasteiger partial charge is 0.324 e. The lowest BCUT2D eigenvalue weighted by Gasteiger charge is -2.18. The first kappa shape index (κ1) is 20.4. The fourth-order valence-electron chi connectivity index (χ4n) is 2.70. The summed E-state index contributed by atoms with van der Waals surface area (Å²) < 4.78 is 39.7. The average Bonchev–Trinajstić information content (AvgIpc) is 2.50. The molecule has 5 nitrogen and oxygen atoms in total. The first-order valence-electron chi connectivity index (χ1n) is 7.81. The molecule has 8 heteroatoms. The quantitative estimate of drug-likeness (QED) is 0.835. The topological polar surface area (TPSA) is 66.5 Å². The summed E-state index contributed by atoms with van der Waals surface area (Å²) in [6, 6.07) is 7.12. The van der Waals surface area contributed by atoms with Crippen molar-refractivity contribution in [2.24, 2.45) is 0 Å². The summed E-state index contributed by atoms with van der Waals surface area (Å²) in [6.45, 7) is 5.22. The number of rotatable bonds is 5. The zero-order valence-corrected chi connectivity index (χ0v) is 16.5. The summed E-state index contributed by atoms with van der Waals surface area (Å²) in [5.41, 5.74) is 3.47. The first-order chi connectivity index (χ1) is 12.0. The highest BCUT2D eigenvalue weighted by atomic mass is 35.5. The molecule has 0 saturated carbocycles. The normalized spacial score (nSPS) is 11.7. The molecule has 26 heavy (non-hydrogen) atoms. The zero-order chi connectivity index (χ0) is 19.6. The van der Waals surface area contributed by atoms with Gasteiger partial charge in [0.25, 0.3) is 0 Å². The van der Waals surface area contributed by atoms with Crippen LogP contribution in [0.25, 0.3) is 0 Å². The minimum Gasteiger partial charge on any atom is -0.324 e. The number of amides is 1. The molecule has 0 heterocycles. The van der Waals surface area contributed by atoms with E-state index in [2.05, 4.69) is 5.32 Å². The molecule has 0 unspecified atom stereocenters. The van der Waals surface area contributed by atoms with Crippen molar-refractivity contribution in [2.75, 3.05) is 18.9 Å². The third-order valence-corrected chi connectivity index (χ3v) is 5.96. The van der Waals surface area contributed by atoms with E-state index in [9.17, 15) is 17.6 Å². The monoisotopic (exact) mass is 398 g/mol. The van der Waals surface area contributed by atoms with Crippen LogP contribution in [-0.4, -0.2) is 32.2 Å². The first-order valence-corrected chi connectivity index (χ1v) is 9.63. The molecule has 0 aliphatic heterocycles. The second-order valence-corrected chi connectivity index (χ2v) is 8.61. The molecular formula is C18H20ClFN2O3S. The van der Waals surface area contributed by atoms with Crippen LogP contribution in [0.1, 0.15) is 16.7 Å². The van der Waals surface area contributed by atoms with E-state index in [1.165, 1.54) is 13.1 Å².